The SMILES string of the molecule is Cc1cc(C)n(-c2cc(NC(=O)C(C)N3CCCOCC3)nc(-c3ccc(C)o3)n2)n1. The molecule has 9 nitrogen and oxygen atoms in total. The summed E-state index contributed by atoms with van der Waals surface area (Å²) in [5, 5.41) is 7.48. The number of aromatic nitrogens is 4. The number of carbonyl (C=O) groups is 1. The molecule has 1 fully saturated rings. The average molecular weight is 425 g/mol. The molecular weight excluding hydrogens is 396 g/mol. The Hall–Kier alpha value is -3.04. The predicted octanol–water partition coefficient (Wildman–Crippen LogP) is 2.90. The number of anilines is 1. The molecule has 0 radical (unpaired) electrons. The number of carbonyl (C=O) groups excluding carboxylic acids is 1. The molecule has 4 heterocycles. The van der Waals surface area contributed by atoms with Gasteiger partial charge in [-0.2, -0.15) is 5.10 Å². The largest absolute Gasteiger partial charge is 0.458 e. The lowest BCUT2D eigenvalue weighted by Gasteiger charge is -2.25. The van der Waals surface area contributed by atoms with Gasteiger partial charge in [0.05, 0.1) is 18.3 Å². The average Bonchev–Trinajstić information content (AvgIpc) is 3.20. The van der Waals surface area contributed by atoms with Gasteiger partial charge < -0.3 is 14.5 Å². The van der Waals surface area contributed by atoms with Crippen molar-refractivity contribution in [3.05, 3.63) is 41.4 Å². The van der Waals surface area contributed by atoms with Gasteiger partial charge in [0.1, 0.15) is 11.6 Å². The molecule has 0 aliphatic carbocycles. The molecule has 4 rings (SSSR count). The molecular formula is C22H28N6O3. The first-order chi connectivity index (χ1) is 14.9. The fraction of sp³-hybridized carbons (Fsp3) is 0.455. The summed E-state index contributed by atoms with van der Waals surface area (Å²) in [6, 6.07) is 7.08. The van der Waals surface area contributed by atoms with Crippen LogP contribution < -0.4 is 5.32 Å². The molecule has 164 valence electrons. The summed E-state index contributed by atoms with van der Waals surface area (Å²) in [6.45, 7) is 10.6. The van der Waals surface area contributed by atoms with E-state index in [1.807, 2.05) is 45.9 Å². The van der Waals surface area contributed by atoms with Crippen molar-refractivity contribution in [3.8, 4) is 17.4 Å². The van der Waals surface area contributed by atoms with Crippen molar-refractivity contribution >= 4 is 11.7 Å². The van der Waals surface area contributed by atoms with Crippen molar-refractivity contribution in [2.45, 2.75) is 40.2 Å². The molecule has 1 saturated heterocycles. The zero-order valence-corrected chi connectivity index (χ0v) is 18.4. The Morgan fingerprint density at radius 1 is 1.13 bits per heavy atom. The second kappa shape index (κ2) is 8.99. The minimum Gasteiger partial charge on any atom is -0.458 e. The highest BCUT2D eigenvalue weighted by atomic mass is 16.5. The quantitative estimate of drug-likeness (QED) is 0.672. The molecule has 3 aromatic rings. The number of amides is 1. The van der Waals surface area contributed by atoms with Gasteiger partial charge in [-0.1, -0.05) is 0 Å². The number of ether oxygens (including phenoxy) is 1. The summed E-state index contributed by atoms with van der Waals surface area (Å²) in [7, 11) is 0. The van der Waals surface area contributed by atoms with Crippen molar-refractivity contribution in [2.24, 2.45) is 0 Å². The third-order valence-electron chi connectivity index (χ3n) is 5.34. The van der Waals surface area contributed by atoms with E-state index in [0.717, 1.165) is 43.3 Å². The molecule has 1 unspecified atom stereocenters. The maximum atomic E-state index is 13.0. The van der Waals surface area contributed by atoms with Gasteiger partial charge in [-0.05, 0) is 52.3 Å². The number of hydrogen-bond acceptors (Lipinski definition) is 7. The number of aryl methyl sites for hydroxylation is 3. The minimum atomic E-state index is -0.303. The molecule has 3 aromatic heterocycles. The van der Waals surface area contributed by atoms with Gasteiger partial charge in [0.15, 0.2) is 17.4 Å². The van der Waals surface area contributed by atoms with Crippen LogP contribution in [0.5, 0.6) is 0 Å². The lowest BCUT2D eigenvalue weighted by Crippen LogP contribution is -2.43. The van der Waals surface area contributed by atoms with E-state index in [1.165, 1.54) is 0 Å². The summed E-state index contributed by atoms with van der Waals surface area (Å²) in [5.74, 6) is 2.54. The fourth-order valence-corrected chi connectivity index (χ4v) is 3.68. The number of furan rings is 1. The van der Waals surface area contributed by atoms with Crippen LogP contribution in [-0.4, -0.2) is 62.9 Å². The zero-order chi connectivity index (χ0) is 22.0. The van der Waals surface area contributed by atoms with Crippen molar-refractivity contribution in [3.63, 3.8) is 0 Å². The monoisotopic (exact) mass is 424 g/mol. The maximum Gasteiger partial charge on any atom is 0.242 e. The van der Waals surface area contributed by atoms with Crippen LogP contribution in [0.4, 0.5) is 5.82 Å². The number of hydrogen-bond donors (Lipinski definition) is 1. The summed E-state index contributed by atoms with van der Waals surface area (Å²) in [4.78, 5) is 24.3. The lowest BCUT2D eigenvalue weighted by atomic mass is 10.2. The molecule has 1 N–H and O–H groups in total. The van der Waals surface area contributed by atoms with Crippen molar-refractivity contribution in [1.82, 2.24) is 24.6 Å². The third kappa shape index (κ3) is 4.83. The van der Waals surface area contributed by atoms with Gasteiger partial charge in [0.25, 0.3) is 0 Å². The van der Waals surface area contributed by atoms with Crippen LogP contribution in [0.15, 0.2) is 28.7 Å². The molecule has 1 aliphatic rings. The van der Waals surface area contributed by atoms with Crippen LogP contribution in [0.3, 0.4) is 0 Å². The molecule has 9 heteroatoms. The maximum absolute atomic E-state index is 13.0. The van der Waals surface area contributed by atoms with E-state index in [0.29, 0.717) is 29.8 Å². The van der Waals surface area contributed by atoms with Crippen molar-refractivity contribution in [1.29, 1.82) is 0 Å². The molecule has 31 heavy (non-hydrogen) atoms. The lowest BCUT2D eigenvalue weighted by molar-refractivity contribution is -0.120. The van der Waals surface area contributed by atoms with Gasteiger partial charge in [-0.15, -0.1) is 0 Å². The van der Waals surface area contributed by atoms with Crippen LogP contribution in [0.25, 0.3) is 17.4 Å². The van der Waals surface area contributed by atoms with Crippen LogP contribution in [0.2, 0.25) is 0 Å². The van der Waals surface area contributed by atoms with Crippen molar-refractivity contribution in [2.75, 3.05) is 31.6 Å². The first-order valence-electron chi connectivity index (χ1n) is 10.5. The summed E-state index contributed by atoms with van der Waals surface area (Å²) >= 11 is 0. The zero-order valence-electron chi connectivity index (χ0n) is 18.4. The highest BCUT2D eigenvalue weighted by Gasteiger charge is 2.23. The molecule has 0 aromatic carbocycles. The van der Waals surface area contributed by atoms with Crippen LogP contribution >= 0.6 is 0 Å². The van der Waals surface area contributed by atoms with Crippen LogP contribution in [0, 0.1) is 20.8 Å². The number of nitrogens with one attached hydrogen (secondary N) is 1. The fourth-order valence-electron chi connectivity index (χ4n) is 3.68. The Morgan fingerprint density at radius 3 is 2.68 bits per heavy atom. The van der Waals surface area contributed by atoms with Crippen LogP contribution in [-0.2, 0) is 9.53 Å². The summed E-state index contributed by atoms with van der Waals surface area (Å²) < 4.78 is 13.0. The van der Waals surface area contributed by atoms with E-state index < -0.39 is 0 Å². The Morgan fingerprint density at radius 2 is 1.97 bits per heavy atom. The van der Waals surface area contributed by atoms with Crippen LogP contribution in [0.1, 0.15) is 30.5 Å². The summed E-state index contributed by atoms with van der Waals surface area (Å²) in [6.07, 6.45) is 0.912. The van der Waals surface area contributed by atoms with Gasteiger partial charge in [0, 0.05) is 31.5 Å². The predicted molar refractivity (Wildman–Crippen MR) is 116 cm³/mol. The minimum absolute atomic E-state index is 0.124. The molecule has 0 saturated carbocycles. The van der Waals surface area contributed by atoms with E-state index in [4.69, 9.17) is 9.15 Å². The van der Waals surface area contributed by atoms with E-state index in [-0.39, 0.29) is 11.9 Å². The van der Waals surface area contributed by atoms with E-state index in [2.05, 4.69) is 25.3 Å². The second-order valence-corrected chi connectivity index (χ2v) is 7.85. The first kappa shape index (κ1) is 21.2. The highest BCUT2D eigenvalue weighted by Crippen LogP contribution is 2.23. The topological polar surface area (TPSA) is 98.3 Å². The van der Waals surface area contributed by atoms with Gasteiger partial charge in [0.2, 0.25) is 5.91 Å². The van der Waals surface area contributed by atoms with Gasteiger partial charge in [-0.25, -0.2) is 14.6 Å². The highest BCUT2D eigenvalue weighted by molar-refractivity contribution is 5.94. The second-order valence-electron chi connectivity index (χ2n) is 7.85. The smallest absolute Gasteiger partial charge is 0.242 e. The third-order valence-corrected chi connectivity index (χ3v) is 5.34. The van der Waals surface area contributed by atoms with Crippen molar-refractivity contribution < 1.29 is 13.9 Å². The Balaban J connectivity index is 1.65. The van der Waals surface area contributed by atoms with E-state index in [1.54, 1.807) is 10.7 Å². The molecule has 1 aliphatic heterocycles. The van der Waals surface area contributed by atoms with Gasteiger partial charge in [-0.3, -0.25) is 9.69 Å². The standard InChI is InChI=1S/C22H28N6O3/c1-14-12-15(2)28(26-14)20-13-19(23-21(25-20)18-7-6-16(3)31-18)24-22(29)17(4)27-8-5-10-30-11-9-27/h6-7,12-13,17H,5,8-11H2,1-4H3,(H,23,24,25,29). The molecule has 0 bridgehead atoms. The molecule has 1 amide bonds. The molecule has 0 spiro atoms. The Bertz CT molecular complexity index is 1070. The first-order valence-corrected chi connectivity index (χ1v) is 10.5. The normalized spacial score (nSPS) is 16.1. The van der Waals surface area contributed by atoms with E-state index in [9.17, 15) is 4.79 Å². The summed E-state index contributed by atoms with van der Waals surface area (Å²) in [5.41, 5.74) is 1.82. The Kier molecular flexibility index (Phi) is 6.15. The number of rotatable bonds is 5. The number of nitrogens with zero attached hydrogens (tertiary/aromatic N) is 5. The van der Waals surface area contributed by atoms with Gasteiger partial charge >= 0.3 is 0 Å². The molecule has 1 atom stereocenters. The Labute approximate surface area is 181 Å². The van der Waals surface area contributed by atoms with E-state index >= 15 is 0 Å².